The largest absolute Gasteiger partial charge is 0.478 e. The van der Waals surface area contributed by atoms with Crippen LogP contribution >= 0.6 is 0 Å². The van der Waals surface area contributed by atoms with Crippen molar-refractivity contribution in [1.29, 1.82) is 0 Å². The summed E-state index contributed by atoms with van der Waals surface area (Å²) in [6.45, 7) is 4.60. The van der Waals surface area contributed by atoms with Gasteiger partial charge in [0, 0.05) is 30.8 Å². The second kappa shape index (κ2) is 8.65. The molecule has 1 aromatic heterocycles. The van der Waals surface area contributed by atoms with Crippen LogP contribution in [-0.2, 0) is 22.6 Å². The Morgan fingerprint density at radius 1 is 1.33 bits per heavy atom. The average molecular weight is 371 g/mol. The van der Waals surface area contributed by atoms with Gasteiger partial charge in [-0.3, -0.25) is 9.78 Å². The number of carbonyl (C=O) groups is 2. The van der Waals surface area contributed by atoms with Crippen molar-refractivity contribution in [2.75, 3.05) is 0 Å². The molecule has 1 fully saturated rings. The van der Waals surface area contributed by atoms with E-state index in [1.54, 1.807) is 12.3 Å². The number of aliphatic carboxylic acids is 1. The van der Waals surface area contributed by atoms with E-state index in [0.717, 1.165) is 30.5 Å². The Morgan fingerprint density at radius 2 is 2.07 bits per heavy atom. The van der Waals surface area contributed by atoms with Crippen LogP contribution in [0.2, 0.25) is 0 Å². The van der Waals surface area contributed by atoms with E-state index in [-0.39, 0.29) is 23.9 Å². The summed E-state index contributed by atoms with van der Waals surface area (Å²) in [6, 6.07) is 1.84. The number of fused-ring (bicyclic) bond motifs is 1. The van der Waals surface area contributed by atoms with E-state index in [0.29, 0.717) is 24.1 Å². The van der Waals surface area contributed by atoms with Gasteiger partial charge in [0.25, 0.3) is 0 Å². The number of hydrogen-bond acceptors (Lipinski definition) is 4. The third-order valence-corrected chi connectivity index (χ3v) is 5.82. The molecule has 0 bridgehead atoms. The van der Waals surface area contributed by atoms with Crippen LogP contribution in [-0.4, -0.2) is 34.1 Å². The zero-order valence-corrected chi connectivity index (χ0v) is 16.1. The molecule has 6 nitrogen and oxygen atoms in total. The number of amides is 1. The average Bonchev–Trinajstić information content (AvgIpc) is 3.31. The minimum absolute atomic E-state index is 0.0518. The molecule has 0 aromatic carbocycles. The van der Waals surface area contributed by atoms with Crippen molar-refractivity contribution in [3.63, 3.8) is 0 Å². The van der Waals surface area contributed by atoms with Gasteiger partial charge in [-0.15, -0.1) is 0 Å². The second-order valence-corrected chi connectivity index (χ2v) is 7.65. The fourth-order valence-corrected chi connectivity index (χ4v) is 4.05. The molecule has 146 valence electrons. The second-order valence-electron chi connectivity index (χ2n) is 7.65. The summed E-state index contributed by atoms with van der Waals surface area (Å²) < 4.78 is 0. The highest BCUT2D eigenvalue weighted by Crippen LogP contribution is 2.29. The standard InChI is InChI=1S/C21H29N3O3/c1-3-13(2)19(20(25)24-15-6-4-5-7-15)23-12-14-10-11-22-17-9-8-16(18(14)17)21(26)27/h8,10-11,13,15,19,23H,3-7,9,12H2,1-2H3,(H,24,25)(H,26,27)/t13-,19+/m0/s1. The highest BCUT2D eigenvalue weighted by atomic mass is 16.4. The van der Waals surface area contributed by atoms with Gasteiger partial charge < -0.3 is 15.7 Å². The maximum absolute atomic E-state index is 12.8. The number of carboxylic acid groups (broad SMARTS) is 1. The maximum Gasteiger partial charge on any atom is 0.336 e. The highest BCUT2D eigenvalue weighted by Gasteiger charge is 2.28. The predicted molar refractivity (Wildman–Crippen MR) is 104 cm³/mol. The summed E-state index contributed by atoms with van der Waals surface area (Å²) in [5, 5.41) is 16.0. The van der Waals surface area contributed by atoms with Crippen molar-refractivity contribution in [1.82, 2.24) is 15.6 Å². The molecule has 0 spiro atoms. The first-order valence-corrected chi connectivity index (χ1v) is 9.95. The van der Waals surface area contributed by atoms with Crippen molar-refractivity contribution < 1.29 is 14.7 Å². The first kappa shape index (κ1) is 19.5. The maximum atomic E-state index is 12.8. The lowest BCUT2D eigenvalue weighted by Crippen LogP contribution is -2.50. The Labute approximate surface area is 160 Å². The summed E-state index contributed by atoms with van der Waals surface area (Å²) in [7, 11) is 0. The molecule has 6 heteroatoms. The first-order valence-electron chi connectivity index (χ1n) is 9.95. The molecular weight excluding hydrogens is 342 g/mol. The van der Waals surface area contributed by atoms with Gasteiger partial charge in [0.05, 0.1) is 17.3 Å². The van der Waals surface area contributed by atoms with Gasteiger partial charge in [0.2, 0.25) is 5.91 Å². The Hall–Kier alpha value is -2.21. The quantitative estimate of drug-likeness (QED) is 0.653. The van der Waals surface area contributed by atoms with Crippen LogP contribution in [0.4, 0.5) is 0 Å². The Morgan fingerprint density at radius 3 is 2.74 bits per heavy atom. The summed E-state index contributed by atoms with van der Waals surface area (Å²) in [4.78, 5) is 28.7. The third-order valence-electron chi connectivity index (χ3n) is 5.82. The monoisotopic (exact) mass is 371 g/mol. The van der Waals surface area contributed by atoms with Gasteiger partial charge in [-0.1, -0.05) is 39.2 Å². The van der Waals surface area contributed by atoms with E-state index < -0.39 is 5.97 Å². The third kappa shape index (κ3) is 4.38. The van der Waals surface area contributed by atoms with Crippen molar-refractivity contribution in [2.45, 2.75) is 71.0 Å². The number of nitrogens with one attached hydrogen (secondary N) is 2. The summed E-state index contributed by atoms with van der Waals surface area (Å²) in [5.41, 5.74) is 2.69. The van der Waals surface area contributed by atoms with E-state index >= 15 is 0 Å². The molecule has 3 N–H and O–H groups in total. The molecule has 27 heavy (non-hydrogen) atoms. The number of allylic oxidation sites excluding steroid dienone is 1. The number of pyridine rings is 1. The first-order chi connectivity index (χ1) is 13.0. The molecule has 1 heterocycles. The van der Waals surface area contributed by atoms with Crippen molar-refractivity contribution in [3.8, 4) is 0 Å². The van der Waals surface area contributed by atoms with Crippen LogP contribution in [0.3, 0.4) is 0 Å². The van der Waals surface area contributed by atoms with Crippen LogP contribution in [0.15, 0.2) is 18.3 Å². The lowest BCUT2D eigenvalue weighted by Gasteiger charge is -2.26. The van der Waals surface area contributed by atoms with Crippen LogP contribution in [0.25, 0.3) is 5.57 Å². The highest BCUT2D eigenvalue weighted by molar-refractivity contribution is 6.17. The van der Waals surface area contributed by atoms with E-state index in [9.17, 15) is 14.7 Å². The minimum atomic E-state index is -0.930. The fourth-order valence-electron chi connectivity index (χ4n) is 4.05. The molecule has 2 atom stereocenters. The van der Waals surface area contributed by atoms with Gasteiger partial charge in [0.1, 0.15) is 0 Å². The van der Waals surface area contributed by atoms with E-state index in [2.05, 4.69) is 29.5 Å². The molecule has 3 rings (SSSR count). The molecule has 2 aliphatic carbocycles. The van der Waals surface area contributed by atoms with Crippen molar-refractivity contribution in [2.24, 2.45) is 5.92 Å². The predicted octanol–water partition coefficient (Wildman–Crippen LogP) is 2.67. The normalized spacial score (nSPS) is 18.7. The Kier molecular flexibility index (Phi) is 6.26. The van der Waals surface area contributed by atoms with Gasteiger partial charge in [-0.2, -0.15) is 0 Å². The number of rotatable bonds is 8. The Balaban J connectivity index is 1.73. The van der Waals surface area contributed by atoms with E-state index in [4.69, 9.17) is 0 Å². The molecule has 0 radical (unpaired) electrons. The van der Waals surface area contributed by atoms with Gasteiger partial charge in [-0.05, 0) is 30.4 Å². The molecule has 0 unspecified atom stereocenters. The smallest absolute Gasteiger partial charge is 0.336 e. The molecule has 0 aliphatic heterocycles. The molecule has 0 saturated heterocycles. The number of carboxylic acids is 1. The van der Waals surface area contributed by atoms with Crippen LogP contribution < -0.4 is 10.6 Å². The fraction of sp³-hybridized carbons (Fsp3) is 0.571. The van der Waals surface area contributed by atoms with E-state index in [1.807, 2.05) is 6.07 Å². The lowest BCUT2D eigenvalue weighted by atomic mass is 9.96. The summed E-state index contributed by atoms with van der Waals surface area (Å²) in [5.74, 6) is -0.688. The minimum Gasteiger partial charge on any atom is -0.478 e. The van der Waals surface area contributed by atoms with Gasteiger partial charge >= 0.3 is 5.97 Å². The van der Waals surface area contributed by atoms with Crippen LogP contribution in [0, 0.1) is 5.92 Å². The number of carbonyl (C=O) groups excluding carboxylic acids is 1. The van der Waals surface area contributed by atoms with Crippen LogP contribution in [0.5, 0.6) is 0 Å². The SMILES string of the molecule is CC[C@H](C)[C@@H](NCc1ccnc2c1C(C(=O)O)=CC2)C(=O)NC1CCCC1. The molecule has 1 aromatic rings. The number of aromatic nitrogens is 1. The summed E-state index contributed by atoms with van der Waals surface area (Å²) >= 11 is 0. The van der Waals surface area contributed by atoms with E-state index in [1.165, 1.54) is 12.8 Å². The zero-order valence-electron chi connectivity index (χ0n) is 16.1. The Bertz CT molecular complexity index is 738. The number of nitrogens with zero attached hydrogens (tertiary/aromatic N) is 1. The van der Waals surface area contributed by atoms with Gasteiger partial charge in [-0.25, -0.2) is 4.79 Å². The van der Waals surface area contributed by atoms with Gasteiger partial charge in [0.15, 0.2) is 0 Å². The van der Waals surface area contributed by atoms with Crippen molar-refractivity contribution >= 4 is 17.4 Å². The summed E-state index contributed by atoms with van der Waals surface area (Å²) in [6.07, 6.45) is 9.34. The van der Waals surface area contributed by atoms with Crippen LogP contribution in [0.1, 0.15) is 62.8 Å². The van der Waals surface area contributed by atoms with Crippen molar-refractivity contribution in [3.05, 3.63) is 35.2 Å². The molecule has 1 amide bonds. The number of hydrogen-bond donors (Lipinski definition) is 3. The molecule has 2 aliphatic rings. The molecule has 1 saturated carbocycles. The zero-order chi connectivity index (χ0) is 19.4. The lowest BCUT2D eigenvalue weighted by molar-refractivity contribution is -0.130. The topological polar surface area (TPSA) is 91.3 Å². The molecular formula is C21H29N3O3.